The zero-order valence-corrected chi connectivity index (χ0v) is 11.9. The number of hydrogen-bond donors (Lipinski definition) is 1. The first-order valence-electron chi connectivity index (χ1n) is 6.45. The van der Waals surface area contributed by atoms with Crippen LogP contribution in [0.3, 0.4) is 0 Å². The van der Waals surface area contributed by atoms with Gasteiger partial charge in [-0.2, -0.15) is 0 Å². The van der Waals surface area contributed by atoms with Gasteiger partial charge in [0.2, 0.25) is 0 Å². The van der Waals surface area contributed by atoms with Gasteiger partial charge in [0.15, 0.2) is 5.82 Å². The fourth-order valence-electron chi connectivity index (χ4n) is 2.36. The molecule has 2 aromatic rings. The number of anilines is 1. The van der Waals surface area contributed by atoms with Gasteiger partial charge in [0, 0.05) is 29.9 Å². The molecule has 0 atom stereocenters. The average Bonchev–Trinajstić information content (AvgIpc) is 2.93. The van der Waals surface area contributed by atoms with E-state index in [2.05, 4.69) is 15.1 Å². The van der Waals surface area contributed by atoms with Crippen LogP contribution >= 0.6 is 11.6 Å². The highest BCUT2D eigenvalue weighted by atomic mass is 35.5. The molecule has 0 fully saturated rings. The summed E-state index contributed by atoms with van der Waals surface area (Å²) in [6, 6.07) is 5.41. The van der Waals surface area contributed by atoms with E-state index in [1.54, 1.807) is 18.5 Å². The maximum absolute atomic E-state index is 10.7. The molecule has 0 amide bonds. The third kappa shape index (κ3) is 2.90. The molecule has 1 aromatic heterocycles. The molecule has 0 bridgehead atoms. The second-order valence-electron chi connectivity index (χ2n) is 4.74. The number of fused-ring (bicyclic) bond motifs is 1. The number of halogens is 1. The third-order valence-corrected chi connectivity index (χ3v) is 3.61. The lowest BCUT2D eigenvalue weighted by atomic mass is 10.1. The van der Waals surface area contributed by atoms with Gasteiger partial charge in [-0.1, -0.05) is 17.7 Å². The summed E-state index contributed by atoms with van der Waals surface area (Å²) in [5.74, 6) is -0.0938. The number of hydrogen-bond acceptors (Lipinski definition) is 4. The molecule has 0 saturated heterocycles. The largest absolute Gasteiger partial charge is 0.478 e. The van der Waals surface area contributed by atoms with E-state index in [0.717, 1.165) is 36.2 Å². The van der Waals surface area contributed by atoms with Crippen molar-refractivity contribution in [1.29, 1.82) is 0 Å². The first kappa shape index (κ1) is 13.6. The SMILES string of the molecule is O=C(O)/C=C/c1ccc(Cl)cc1N1CCn2cnnc2C1. The molecule has 1 N–H and O–H groups in total. The van der Waals surface area contributed by atoms with Crippen LogP contribution in [0.1, 0.15) is 11.4 Å². The molecular weight excluding hydrogens is 292 g/mol. The summed E-state index contributed by atoms with van der Waals surface area (Å²) in [7, 11) is 0. The molecule has 7 heteroatoms. The van der Waals surface area contributed by atoms with Crippen molar-refractivity contribution in [2.24, 2.45) is 0 Å². The quantitative estimate of drug-likeness (QED) is 0.879. The second-order valence-corrected chi connectivity index (χ2v) is 5.17. The first-order valence-corrected chi connectivity index (χ1v) is 6.83. The van der Waals surface area contributed by atoms with Crippen LogP contribution < -0.4 is 4.90 Å². The Kier molecular flexibility index (Phi) is 3.62. The summed E-state index contributed by atoms with van der Waals surface area (Å²) < 4.78 is 2.01. The highest BCUT2D eigenvalue weighted by Gasteiger charge is 2.19. The zero-order valence-electron chi connectivity index (χ0n) is 11.1. The molecule has 0 radical (unpaired) electrons. The first-order chi connectivity index (χ1) is 10.1. The summed E-state index contributed by atoms with van der Waals surface area (Å²) in [5, 5.41) is 17.4. The minimum absolute atomic E-state index is 0.615. The van der Waals surface area contributed by atoms with Gasteiger partial charge in [0.1, 0.15) is 6.33 Å². The van der Waals surface area contributed by atoms with E-state index in [-0.39, 0.29) is 0 Å². The van der Waals surface area contributed by atoms with Gasteiger partial charge in [-0.15, -0.1) is 10.2 Å². The van der Waals surface area contributed by atoms with E-state index >= 15 is 0 Å². The van der Waals surface area contributed by atoms with Crippen molar-refractivity contribution in [2.45, 2.75) is 13.1 Å². The number of aliphatic carboxylic acids is 1. The molecule has 0 unspecified atom stereocenters. The van der Waals surface area contributed by atoms with E-state index in [1.807, 2.05) is 16.7 Å². The van der Waals surface area contributed by atoms with Gasteiger partial charge >= 0.3 is 5.97 Å². The van der Waals surface area contributed by atoms with Crippen LogP contribution in [-0.4, -0.2) is 32.4 Å². The Morgan fingerprint density at radius 1 is 1.38 bits per heavy atom. The molecule has 1 aliphatic heterocycles. The highest BCUT2D eigenvalue weighted by molar-refractivity contribution is 6.31. The maximum atomic E-state index is 10.7. The number of aromatic nitrogens is 3. The van der Waals surface area contributed by atoms with E-state index < -0.39 is 5.97 Å². The Bertz CT molecular complexity index is 711. The topological polar surface area (TPSA) is 71.2 Å². The summed E-state index contributed by atoms with van der Waals surface area (Å²) in [6.07, 6.45) is 4.42. The van der Waals surface area contributed by atoms with E-state index in [1.165, 1.54) is 0 Å². The fourth-order valence-corrected chi connectivity index (χ4v) is 2.53. The minimum atomic E-state index is -0.978. The summed E-state index contributed by atoms with van der Waals surface area (Å²) in [5.41, 5.74) is 1.71. The predicted molar refractivity (Wildman–Crippen MR) is 79.2 cm³/mol. The number of carbonyl (C=O) groups is 1. The molecule has 6 nitrogen and oxygen atoms in total. The van der Waals surface area contributed by atoms with Crippen molar-refractivity contribution in [3.63, 3.8) is 0 Å². The van der Waals surface area contributed by atoms with Gasteiger partial charge in [-0.25, -0.2) is 4.79 Å². The molecule has 2 heterocycles. The summed E-state index contributed by atoms with van der Waals surface area (Å²) >= 11 is 6.08. The van der Waals surface area contributed by atoms with Gasteiger partial charge in [-0.3, -0.25) is 0 Å². The normalized spacial score (nSPS) is 14.4. The molecule has 0 aliphatic carbocycles. The van der Waals surface area contributed by atoms with Crippen molar-refractivity contribution in [3.05, 3.63) is 47.0 Å². The highest BCUT2D eigenvalue weighted by Crippen LogP contribution is 2.28. The van der Waals surface area contributed by atoms with Crippen molar-refractivity contribution in [1.82, 2.24) is 14.8 Å². The molecule has 3 rings (SSSR count). The van der Waals surface area contributed by atoms with Gasteiger partial charge < -0.3 is 14.6 Å². The van der Waals surface area contributed by atoms with Crippen LogP contribution in [0.2, 0.25) is 5.02 Å². The Balaban J connectivity index is 1.94. The number of benzene rings is 1. The number of nitrogens with zero attached hydrogens (tertiary/aromatic N) is 4. The van der Waals surface area contributed by atoms with Crippen LogP contribution in [-0.2, 0) is 17.9 Å². The molecular formula is C14H13ClN4O2. The van der Waals surface area contributed by atoms with Crippen molar-refractivity contribution in [2.75, 3.05) is 11.4 Å². The van der Waals surface area contributed by atoms with Crippen LogP contribution in [0.5, 0.6) is 0 Å². The Morgan fingerprint density at radius 2 is 2.24 bits per heavy atom. The van der Waals surface area contributed by atoms with Crippen LogP contribution in [0, 0.1) is 0 Å². The molecule has 0 spiro atoms. The van der Waals surface area contributed by atoms with Gasteiger partial charge in [0.25, 0.3) is 0 Å². The van der Waals surface area contributed by atoms with Crippen molar-refractivity contribution < 1.29 is 9.90 Å². The summed E-state index contributed by atoms with van der Waals surface area (Å²) in [6.45, 7) is 2.20. The Morgan fingerprint density at radius 3 is 3.05 bits per heavy atom. The monoisotopic (exact) mass is 304 g/mol. The van der Waals surface area contributed by atoms with E-state index in [9.17, 15) is 4.79 Å². The molecule has 21 heavy (non-hydrogen) atoms. The smallest absolute Gasteiger partial charge is 0.328 e. The molecule has 108 valence electrons. The standard InChI is InChI=1S/C14H13ClN4O2/c15-11-3-1-10(2-4-14(20)21)12(7-11)18-5-6-19-9-16-17-13(19)8-18/h1-4,7,9H,5-6,8H2,(H,20,21)/b4-2+. The third-order valence-electron chi connectivity index (χ3n) is 3.38. The van der Waals surface area contributed by atoms with E-state index in [4.69, 9.17) is 16.7 Å². The van der Waals surface area contributed by atoms with Crippen LogP contribution in [0.4, 0.5) is 5.69 Å². The Hall–Kier alpha value is -2.34. The zero-order chi connectivity index (χ0) is 14.8. The lowest BCUT2D eigenvalue weighted by Crippen LogP contribution is -2.34. The lowest BCUT2D eigenvalue weighted by Gasteiger charge is -2.30. The Labute approximate surface area is 126 Å². The number of rotatable bonds is 3. The second kappa shape index (κ2) is 5.57. The summed E-state index contributed by atoms with van der Waals surface area (Å²) in [4.78, 5) is 12.8. The molecule has 1 aromatic carbocycles. The maximum Gasteiger partial charge on any atom is 0.328 e. The van der Waals surface area contributed by atoms with Gasteiger partial charge in [-0.05, 0) is 23.8 Å². The van der Waals surface area contributed by atoms with E-state index in [0.29, 0.717) is 11.6 Å². The molecule has 0 saturated carbocycles. The van der Waals surface area contributed by atoms with Crippen molar-refractivity contribution >= 4 is 29.3 Å². The average molecular weight is 305 g/mol. The predicted octanol–water partition coefficient (Wildman–Crippen LogP) is 2.05. The van der Waals surface area contributed by atoms with Crippen molar-refractivity contribution in [3.8, 4) is 0 Å². The molecule has 1 aliphatic rings. The van der Waals surface area contributed by atoms with Crippen LogP contribution in [0.25, 0.3) is 6.08 Å². The lowest BCUT2D eigenvalue weighted by molar-refractivity contribution is -0.131. The number of carboxylic acid groups (broad SMARTS) is 1. The number of carboxylic acids is 1. The van der Waals surface area contributed by atoms with Crippen LogP contribution in [0.15, 0.2) is 30.6 Å². The minimum Gasteiger partial charge on any atom is -0.478 e. The fraction of sp³-hybridized carbons (Fsp3) is 0.214. The van der Waals surface area contributed by atoms with Gasteiger partial charge in [0.05, 0.1) is 6.54 Å².